The molecule has 0 spiro atoms. The molecule has 6 aromatic carbocycles. The first-order valence-electron chi connectivity index (χ1n) is 19.3. The Morgan fingerprint density at radius 3 is 1.50 bits per heavy atom. The zero-order valence-corrected chi connectivity index (χ0v) is 31.8. The van der Waals surface area contributed by atoms with E-state index in [0.717, 1.165) is 50.3 Å². The zero-order chi connectivity index (χ0) is 38.4. The number of rotatable bonds is 18. The second-order valence-corrected chi connectivity index (χ2v) is 14.1. The van der Waals surface area contributed by atoms with Crippen molar-refractivity contribution in [3.63, 3.8) is 0 Å². The normalized spacial score (nSPS) is 19.4. The summed E-state index contributed by atoms with van der Waals surface area (Å²) >= 11 is 0. The van der Waals surface area contributed by atoms with Crippen molar-refractivity contribution in [3.05, 3.63) is 208 Å². The summed E-state index contributed by atoms with van der Waals surface area (Å²) in [4.78, 5) is 0. The topological polar surface area (TPSA) is 75.6 Å². The van der Waals surface area contributed by atoms with E-state index in [-0.39, 0.29) is 13.2 Å². The Kier molecular flexibility index (Phi) is 14.1. The van der Waals surface area contributed by atoms with Crippen molar-refractivity contribution in [1.29, 1.82) is 0 Å². The standard InChI is InChI=1S/C49H50O7/c1-51-43-26-23-36(24-27-43)28-41-22-25-42(30-50)44(29-41)46-48(54-33-39-18-10-4-11-19-39)49(55-34-40-20-12-5-13-21-40)47(53-32-38-16-8-3-9-17-38)45(56-46)35-52-31-37-14-6-2-7-15-37/h2-27,29,45-50H,28,30-35H2,1H3. The molecular formula is C49H50O7. The van der Waals surface area contributed by atoms with Crippen LogP contribution < -0.4 is 4.74 Å². The molecule has 288 valence electrons. The van der Waals surface area contributed by atoms with Crippen molar-refractivity contribution in [1.82, 2.24) is 0 Å². The van der Waals surface area contributed by atoms with Gasteiger partial charge in [-0.05, 0) is 63.1 Å². The minimum Gasteiger partial charge on any atom is -0.497 e. The van der Waals surface area contributed by atoms with Gasteiger partial charge in [-0.2, -0.15) is 0 Å². The van der Waals surface area contributed by atoms with Crippen LogP contribution in [0.15, 0.2) is 164 Å². The quantitative estimate of drug-likeness (QED) is 0.0940. The molecule has 1 aliphatic rings. The van der Waals surface area contributed by atoms with E-state index >= 15 is 0 Å². The van der Waals surface area contributed by atoms with Crippen molar-refractivity contribution in [3.8, 4) is 5.75 Å². The lowest BCUT2D eigenvalue weighted by molar-refractivity contribution is -0.275. The molecule has 0 aromatic heterocycles. The monoisotopic (exact) mass is 750 g/mol. The number of aliphatic hydroxyl groups is 1. The minimum absolute atomic E-state index is 0.165. The molecule has 0 aliphatic carbocycles. The summed E-state index contributed by atoms with van der Waals surface area (Å²) < 4.78 is 39.8. The highest BCUT2D eigenvalue weighted by molar-refractivity contribution is 5.38. The van der Waals surface area contributed by atoms with E-state index in [9.17, 15) is 5.11 Å². The van der Waals surface area contributed by atoms with E-state index in [1.165, 1.54) is 0 Å². The van der Waals surface area contributed by atoms with Gasteiger partial charge >= 0.3 is 0 Å². The van der Waals surface area contributed by atoms with Crippen molar-refractivity contribution >= 4 is 0 Å². The van der Waals surface area contributed by atoms with E-state index < -0.39 is 30.5 Å². The summed E-state index contributed by atoms with van der Waals surface area (Å²) in [5, 5.41) is 10.8. The fourth-order valence-corrected chi connectivity index (χ4v) is 7.18. The maximum Gasteiger partial charge on any atom is 0.118 e. The average molecular weight is 751 g/mol. The summed E-state index contributed by atoms with van der Waals surface area (Å²) in [7, 11) is 1.67. The van der Waals surface area contributed by atoms with Crippen LogP contribution in [-0.2, 0) is 63.1 Å². The first kappa shape index (κ1) is 39.1. The first-order chi connectivity index (χ1) is 27.7. The molecule has 1 heterocycles. The van der Waals surface area contributed by atoms with Gasteiger partial charge in [0.2, 0.25) is 0 Å². The SMILES string of the molecule is COc1ccc(Cc2ccc(CO)c(C3OC(COCc4ccccc4)C(OCc4ccccc4)C(OCc4ccccc4)C3OCc3ccccc3)c2)cc1. The largest absolute Gasteiger partial charge is 0.497 e. The van der Waals surface area contributed by atoms with Gasteiger partial charge in [-0.15, -0.1) is 0 Å². The van der Waals surface area contributed by atoms with Gasteiger partial charge in [0.25, 0.3) is 0 Å². The molecule has 0 bridgehead atoms. The summed E-state index contributed by atoms with van der Waals surface area (Å²) in [5.41, 5.74) is 7.99. The van der Waals surface area contributed by atoms with Crippen LogP contribution >= 0.6 is 0 Å². The average Bonchev–Trinajstić information content (AvgIpc) is 3.26. The number of methoxy groups -OCH3 is 1. The third kappa shape index (κ3) is 10.6. The van der Waals surface area contributed by atoms with Gasteiger partial charge in [-0.25, -0.2) is 0 Å². The van der Waals surface area contributed by atoms with Gasteiger partial charge < -0.3 is 33.5 Å². The number of aliphatic hydroxyl groups excluding tert-OH is 1. The maximum absolute atomic E-state index is 10.8. The van der Waals surface area contributed by atoms with Crippen molar-refractivity contribution in [2.45, 2.75) is 70.0 Å². The van der Waals surface area contributed by atoms with E-state index in [1.54, 1.807) is 7.11 Å². The highest BCUT2D eigenvalue weighted by Gasteiger charge is 2.49. The number of hydrogen-bond donors (Lipinski definition) is 1. The third-order valence-corrected chi connectivity index (χ3v) is 10.1. The van der Waals surface area contributed by atoms with Crippen LogP contribution in [-0.4, -0.2) is 43.2 Å². The fourth-order valence-electron chi connectivity index (χ4n) is 7.18. The Balaban J connectivity index is 1.28. The summed E-state index contributed by atoms with van der Waals surface area (Å²) in [6.45, 7) is 1.53. The molecule has 1 fully saturated rings. The molecule has 0 amide bonds. The van der Waals surface area contributed by atoms with Gasteiger partial charge in [0.1, 0.15) is 36.3 Å². The molecule has 7 rings (SSSR count). The van der Waals surface area contributed by atoms with E-state index in [2.05, 4.69) is 72.8 Å². The number of benzene rings is 6. The van der Waals surface area contributed by atoms with Crippen LogP contribution in [0.5, 0.6) is 5.75 Å². The zero-order valence-electron chi connectivity index (χ0n) is 31.8. The van der Waals surface area contributed by atoms with Gasteiger partial charge in [-0.1, -0.05) is 152 Å². The van der Waals surface area contributed by atoms with Crippen LogP contribution in [0.2, 0.25) is 0 Å². The van der Waals surface area contributed by atoms with Crippen LogP contribution in [0.4, 0.5) is 0 Å². The molecule has 7 heteroatoms. The molecule has 1 saturated heterocycles. The van der Waals surface area contributed by atoms with E-state index in [1.807, 2.05) is 91.0 Å². The molecule has 1 aliphatic heterocycles. The van der Waals surface area contributed by atoms with Gasteiger partial charge in [-0.3, -0.25) is 0 Å². The molecule has 56 heavy (non-hydrogen) atoms. The Morgan fingerprint density at radius 2 is 0.982 bits per heavy atom. The lowest BCUT2D eigenvalue weighted by Crippen LogP contribution is -2.58. The highest BCUT2D eigenvalue weighted by atomic mass is 16.6. The smallest absolute Gasteiger partial charge is 0.118 e. The van der Waals surface area contributed by atoms with Gasteiger partial charge in [0, 0.05) is 0 Å². The Morgan fingerprint density at radius 1 is 0.500 bits per heavy atom. The molecule has 6 aromatic rings. The summed E-state index contributed by atoms with van der Waals surface area (Å²) in [5.74, 6) is 0.810. The first-order valence-corrected chi connectivity index (χ1v) is 19.3. The maximum atomic E-state index is 10.8. The van der Waals surface area contributed by atoms with E-state index in [0.29, 0.717) is 32.8 Å². The second kappa shape index (κ2) is 20.2. The van der Waals surface area contributed by atoms with Crippen LogP contribution in [0.1, 0.15) is 50.6 Å². The second-order valence-electron chi connectivity index (χ2n) is 14.1. The highest BCUT2D eigenvalue weighted by Crippen LogP contribution is 2.40. The van der Waals surface area contributed by atoms with Gasteiger partial charge in [0.15, 0.2) is 0 Å². The Labute approximate surface area is 330 Å². The predicted octanol–water partition coefficient (Wildman–Crippen LogP) is 9.19. The van der Waals surface area contributed by atoms with Gasteiger partial charge in [0.05, 0.1) is 46.8 Å². The summed E-state index contributed by atoms with van der Waals surface area (Å²) in [6.07, 6.45) is -2.24. The third-order valence-electron chi connectivity index (χ3n) is 10.1. The van der Waals surface area contributed by atoms with E-state index in [4.69, 9.17) is 28.4 Å². The van der Waals surface area contributed by atoms with Crippen LogP contribution in [0.3, 0.4) is 0 Å². The molecular weight excluding hydrogens is 701 g/mol. The van der Waals surface area contributed by atoms with Crippen LogP contribution in [0, 0.1) is 0 Å². The molecule has 1 N–H and O–H groups in total. The van der Waals surface area contributed by atoms with Crippen molar-refractivity contribution in [2.75, 3.05) is 13.7 Å². The number of ether oxygens (including phenoxy) is 6. The summed E-state index contributed by atoms with van der Waals surface area (Å²) in [6, 6.07) is 54.8. The molecule has 7 nitrogen and oxygen atoms in total. The predicted molar refractivity (Wildman–Crippen MR) is 217 cm³/mol. The van der Waals surface area contributed by atoms with Crippen LogP contribution in [0.25, 0.3) is 0 Å². The lowest BCUT2D eigenvalue weighted by Gasteiger charge is -2.47. The van der Waals surface area contributed by atoms with Crippen molar-refractivity contribution in [2.24, 2.45) is 0 Å². The minimum atomic E-state index is -0.626. The molecule has 0 saturated carbocycles. The Bertz CT molecular complexity index is 2020. The van der Waals surface area contributed by atoms with Crippen molar-refractivity contribution < 1.29 is 33.5 Å². The number of hydrogen-bond acceptors (Lipinski definition) is 7. The lowest BCUT2D eigenvalue weighted by atomic mass is 9.87. The molecule has 5 atom stereocenters. The fraction of sp³-hybridized carbons (Fsp3) is 0.265. The molecule has 0 radical (unpaired) electrons. The molecule has 5 unspecified atom stereocenters. The Hall–Kier alpha value is -5.12.